The van der Waals surface area contributed by atoms with Gasteiger partial charge in [0.15, 0.2) is 0 Å². The lowest BCUT2D eigenvalue weighted by atomic mass is 10.2. The largest absolute Gasteiger partial charge is 0.398 e. The van der Waals surface area contributed by atoms with E-state index >= 15 is 0 Å². The van der Waals surface area contributed by atoms with E-state index in [1.54, 1.807) is 6.07 Å². The second-order valence-electron chi connectivity index (χ2n) is 4.16. The highest BCUT2D eigenvalue weighted by Gasteiger charge is 2.07. The second kappa shape index (κ2) is 5.40. The van der Waals surface area contributed by atoms with Crippen LogP contribution in [0, 0.1) is 5.82 Å². The summed E-state index contributed by atoms with van der Waals surface area (Å²) in [6.07, 6.45) is 0. The molecule has 2 aromatic carbocycles. The molecule has 0 radical (unpaired) electrons. The van der Waals surface area contributed by atoms with Crippen molar-refractivity contribution in [3.05, 3.63) is 58.3 Å². The molecule has 4 heteroatoms. The zero-order valence-corrected chi connectivity index (χ0v) is 11.6. The quantitative estimate of drug-likeness (QED) is 0.874. The van der Waals surface area contributed by atoms with Crippen LogP contribution >= 0.6 is 15.9 Å². The first-order valence-corrected chi connectivity index (χ1v) is 6.37. The van der Waals surface area contributed by atoms with Gasteiger partial charge < -0.3 is 10.6 Å². The van der Waals surface area contributed by atoms with Crippen molar-refractivity contribution >= 4 is 27.3 Å². The molecule has 0 saturated heterocycles. The van der Waals surface area contributed by atoms with Crippen LogP contribution in [0.1, 0.15) is 5.56 Å². The predicted molar refractivity (Wildman–Crippen MR) is 77.1 cm³/mol. The minimum atomic E-state index is -0.231. The average Bonchev–Trinajstić information content (AvgIpc) is 2.35. The first kappa shape index (κ1) is 12.9. The van der Waals surface area contributed by atoms with E-state index in [0.29, 0.717) is 12.2 Å². The Labute approximate surface area is 114 Å². The molecule has 0 spiro atoms. The Morgan fingerprint density at radius 2 is 1.94 bits per heavy atom. The van der Waals surface area contributed by atoms with Crippen LogP contribution in [0.2, 0.25) is 0 Å². The molecule has 0 aliphatic carbocycles. The summed E-state index contributed by atoms with van der Waals surface area (Å²) in [4.78, 5) is 1.97. The maximum atomic E-state index is 13.2. The van der Waals surface area contributed by atoms with E-state index in [4.69, 9.17) is 5.73 Å². The average molecular weight is 309 g/mol. The van der Waals surface area contributed by atoms with E-state index in [2.05, 4.69) is 15.9 Å². The van der Waals surface area contributed by atoms with E-state index < -0.39 is 0 Å². The lowest BCUT2D eigenvalue weighted by Crippen LogP contribution is -2.17. The van der Waals surface area contributed by atoms with Gasteiger partial charge in [0, 0.05) is 29.4 Å². The molecule has 0 atom stereocenters. The zero-order chi connectivity index (χ0) is 13.1. The maximum absolute atomic E-state index is 13.2. The number of hydrogen-bond acceptors (Lipinski definition) is 2. The molecule has 0 aliphatic heterocycles. The molecular weight excluding hydrogens is 295 g/mol. The number of rotatable bonds is 3. The summed E-state index contributed by atoms with van der Waals surface area (Å²) in [5, 5.41) is 0. The summed E-state index contributed by atoms with van der Waals surface area (Å²) < 4.78 is 14.1. The molecule has 0 unspecified atom stereocenters. The Hall–Kier alpha value is -1.55. The Morgan fingerprint density at radius 1 is 1.22 bits per heavy atom. The molecule has 0 bridgehead atoms. The van der Waals surface area contributed by atoms with Gasteiger partial charge in [0.05, 0.1) is 0 Å². The van der Waals surface area contributed by atoms with Crippen molar-refractivity contribution in [2.45, 2.75) is 6.54 Å². The Kier molecular flexibility index (Phi) is 3.87. The molecule has 2 aromatic rings. The Morgan fingerprint density at radius 3 is 2.67 bits per heavy atom. The van der Waals surface area contributed by atoms with Crippen molar-refractivity contribution in [2.75, 3.05) is 17.7 Å². The van der Waals surface area contributed by atoms with Gasteiger partial charge in [-0.3, -0.25) is 0 Å². The summed E-state index contributed by atoms with van der Waals surface area (Å²) >= 11 is 3.47. The van der Waals surface area contributed by atoms with Gasteiger partial charge in [0.1, 0.15) is 5.82 Å². The van der Waals surface area contributed by atoms with Crippen LogP contribution in [0.3, 0.4) is 0 Å². The third-order valence-corrected chi connectivity index (χ3v) is 3.73. The molecule has 18 heavy (non-hydrogen) atoms. The summed E-state index contributed by atoms with van der Waals surface area (Å²) in [6.45, 7) is 0.662. The highest BCUT2D eigenvalue weighted by atomic mass is 79.9. The van der Waals surface area contributed by atoms with Crippen molar-refractivity contribution in [2.24, 2.45) is 0 Å². The highest BCUT2D eigenvalue weighted by Crippen LogP contribution is 2.26. The minimum Gasteiger partial charge on any atom is -0.398 e. The van der Waals surface area contributed by atoms with Crippen molar-refractivity contribution in [3.8, 4) is 0 Å². The highest BCUT2D eigenvalue weighted by molar-refractivity contribution is 9.10. The fourth-order valence-corrected chi connectivity index (χ4v) is 2.17. The monoisotopic (exact) mass is 308 g/mol. The molecule has 0 saturated carbocycles. The smallest absolute Gasteiger partial charge is 0.125 e. The third-order valence-electron chi connectivity index (χ3n) is 2.77. The molecule has 0 aliphatic rings. The van der Waals surface area contributed by atoms with Crippen molar-refractivity contribution in [1.29, 1.82) is 0 Å². The molecule has 0 heterocycles. The minimum absolute atomic E-state index is 0.231. The predicted octanol–water partition coefficient (Wildman–Crippen LogP) is 3.81. The van der Waals surface area contributed by atoms with Crippen LogP contribution in [0.25, 0.3) is 0 Å². The summed E-state index contributed by atoms with van der Waals surface area (Å²) in [5.41, 5.74) is 8.45. The number of hydrogen-bond donors (Lipinski definition) is 1. The van der Waals surface area contributed by atoms with Crippen LogP contribution in [-0.2, 0) is 6.54 Å². The van der Waals surface area contributed by atoms with Gasteiger partial charge in [-0.25, -0.2) is 4.39 Å². The molecule has 2 rings (SSSR count). The topological polar surface area (TPSA) is 29.3 Å². The van der Waals surface area contributed by atoms with Crippen molar-refractivity contribution in [1.82, 2.24) is 0 Å². The number of nitrogens with two attached hydrogens (primary N) is 1. The first-order chi connectivity index (χ1) is 8.58. The van der Waals surface area contributed by atoms with Gasteiger partial charge in [-0.1, -0.05) is 18.2 Å². The maximum Gasteiger partial charge on any atom is 0.125 e. The molecule has 0 aromatic heterocycles. The van der Waals surface area contributed by atoms with E-state index in [0.717, 1.165) is 15.7 Å². The van der Waals surface area contributed by atoms with Gasteiger partial charge in [-0.15, -0.1) is 0 Å². The molecule has 2 N–H and O–H groups in total. The van der Waals surface area contributed by atoms with Gasteiger partial charge in [-0.2, -0.15) is 0 Å². The normalized spacial score (nSPS) is 10.4. The summed E-state index contributed by atoms with van der Waals surface area (Å²) in [7, 11) is 1.92. The SMILES string of the molecule is CN(Cc1cccc(N)c1Br)c1cccc(F)c1. The van der Waals surface area contributed by atoms with Crippen LogP contribution < -0.4 is 10.6 Å². The molecule has 0 fully saturated rings. The summed E-state index contributed by atoms with van der Waals surface area (Å²) in [6, 6.07) is 12.3. The van der Waals surface area contributed by atoms with Gasteiger partial charge in [0.25, 0.3) is 0 Å². The first-order valence-electron chi connectivity index (χ1n) is 5.57. The fourth-order valence-electron chi connectivity index (χ4n) is 1.78. The number of nitrogens with zero attached hydrogens (tertiary/aromatic N) is 1. The fraction of sp³-hybridized carbons (Fsp3) is 0.143. The molecule has 2 nitrogen and oxygen atoms in total. The van der Waals surface area contributed by atoms with E-state index in [9.17, 15) is 4.39 Å². The van der Waals surface area contributed by atoms with Crippen LogP contribution in [0.5, 0.6) is 0 Å². The van der Waals surface area contributed by atoms with Crippen LogP contribution in [-0.4, -0.2) is 7.05 Å². The second-order valence-corrected chi connectivity index (χ2v) is 4.95. The zero-order valence-electron chi connectivity index (χ0n) is 10.0. The van der Waals surface area contributed by atoms with Gasteiger partial charge >= 0.3 is 0 Å². The lowest BCUT2D eigenvalue weighted by molar-refractivity contribution is 0.627. The third kappa shape index (κ3) is 2.82. The van der Waals surface area contributed by atoms with E-state index in [-0.39, 0.29) is 5.82 Å². The number of benzene rings is 2. The van der Waals surface area contributed by atoms with Crippen molar-refractivity contribution < 1.29 is 4.39 Å². The van der Waals surface area contributed by atoms with E-state index in [1.165, 1.54) is 12.1 Å². The molecule has 94 valence electrons. The number of anilines is 2. The lowest BCUT2D eigenvalue weighted by Gasteiger charge is -2.20. The van der Waals surface area contributed by atoms with Gasteiger partial charge in [0.2, 0.25) is 0 Å². The van der Waals surface area contributed by atoms with Crippen LogP contribution in [0.15, 0.2) is 46.9 Å². The number of halogens is 2. The number of nitrogen functional groups attached to an aromatic ring is 1. The molecular formula is C14H14BrFN2. The Balaban J connectivity index is 2.21. The molecule has 0 amide bonds. The van der Waals surface area contributed by atoms with Gasteiger partial charge in [-0.05, 0) is 45.8 Å². The Bertz CT molecular complexity index is 557. The van der Waals surface area contributed by atoms with E-state index in [1.807, 2.05) is 36.2 Å². The van der Waals surface area contributed by atoms with Crippen LogP contribution in [0.4, 0.5) is 15.8 Å². The standard InChI is InChI=1S/C14H14BrFN2/c1-18(12-6-3-5-11(16)8-12)9-10-4-2-7-13(17)14(10)15/h2-8H,9,17H2,1H3. The van der Waals surface area contributed by atoms with Crippen molar-refractivity contribution in [3.63, 3.8) is 0 Å². The summed E-state index contributed by atoms with van der Waals surface area (Å²) in [5.74, 6) is -0.231.